The fraction of sp³-hybridized carbons (Fsp3) is 0.278. The number of carbonyl (C=O) groups is 2. The number of rotatable bonds is 4. The van der Waals surface area contributed by atoms with Crippen LogP contribution >= 0.6 is 0 Å². The van der Waals surface area contributed by atoms with Crippen molar-refractivity contribution in [2.24, 2.45) is 0 Å². The minimum atomic E-state index is -0.938. The number of urea groups is 1. The Morgan fingerprint density at radius 3 is 2.56 bits per heavy atom. The molecule has 8 nitrogen and oxygen atoms in total. The Labute approximate surface area is 155 Å². The zero-order valence-electron chi connectivity index (χ0n) is 14.6. The van der Waals surface area contributed by atoms with Crippen LogP contribution in [0.3, 0.4) is 0 Å². The number of anilines is 2. The molecule has 0 unspecified atom stereocenters. The van der Waals surface area contributed by atoms with E-state index in [2.05, 4.69) is 15.6 Å². The summed E-state index contributed by atoms with van der Waals surface area (Å²) in [6.45, 7) is 2.19. The first kappa shape index (κ1) is 18.6. The second-order valence-corrected chi connectivity index (χ2v) is 6.15. The number of halogens is 1. The molecule has 2 aromatic rings. The molecule has 1 fully saturated rings. The van der Waals surface area contributed by atoms with Crippen LogP contribution in [0.1, 0.15) is 5.56 Å². The molecule has 0 aliphatic carbocycles. The average molecular weight is 373 g/mol. The van der Waals surface area contributed by atoms with Gasteiger partial charge in [0, 0.05) is 44.5 Å². The molecule has 27 heavy (non-hydrogen) atoms. The van der Waals surface area contributed by atoms with Crippen molar-refractivity contribution in [2.45, 2.75) is 6.54 Å². The highest BCUT2D eigenvalue weighted by atomic mass is 19.1. The van der Waals surface area contributed by atoms with Crippen LogP contribution in [0.15, 0.2) is 42.7 Å². The maximum Gasteiger partial charge on any atom is 0.407 e. The number of carboxylic acid groups (broad SMARTS) is 1. The average Bonchev–Trinajstić information content (AvgIpc) is 2.66. The number of nitrogens with one attached hydrogen (secondary N) is 2. The van der Waals surface area contributed by atoms with Gasteiger partial charge in [0.15, 0.2) is 5.82 Å². The van der Waals surface area contributed by atoms with Crippen molar-refractivity contribution >= 4 is 23.5 Å². The Morgan fingerprint density at radius 1 is 1.11 bits per heavy atom. The van der Waals surface area contributed by atoms with Crippen molar-refractivity contribution < 1.29 is 19.1 Å². The third kappa shape index (κ3) is 4.91. The van der Waals surface area contributed by atoms with E-state index in [0.717, 1.165) is 0 Å². The van der Waals surface area contributed by atoms with Gasteiger partial charge in [0.05, 0.1) is 17.6 Å². The lowest BCUT2D eigenvalue weighted by Gasteiger charge is -2.33. The van der Waals surface area contributed by atoms with E-state index in [1.807, 2.05) is 4.90 Å². The molecule has 0 radical (unpaired) electrons. The summed E-state index contributed by atoms with van der Waals surface area (Å²) in [6.07, 6.45) is 2.14. The first-order valence-electron chi connectivity index (χ1n) is 8.48. The van der Waals surface area contributed by atoms with Crippen molar-refractivity contribution in [1.29, 1.82) is 0 Å². The molecule has 3 N–H and O–H groups in total. The maximum absolute atomic E-state index is 14.7. The molecule has 1 aliphatic heterocycles. The lowest BCUT2D eigenvalue weighted by Crippen LogP contribution is -2.47. The van der Waals surface area contributed by atoms with Crippen LogP contribution in [-0.4, -0.2) is 58.2 Å². The zero-order chi connectivity index (χ0) is 19.2. The molecule has 1 aliphatic rings. The number of piperazine rings is 1. The van der Waals surface area contributed by atoms with Crippen molar-refractivity contribution in [3.63, 3.8) is 0 Å². The van der Waals surface area contributed by atoms with E-state index in [1.54, 1.807) is 30.5 Å². The summed E-state index contributed by atoms with van der Waals surface area (Å²) < 4.78 is 14.7. The number of hydrogen-bond donors (Lipinski definition) is 3. The van der Waals surface area contributed by atoms with Crippen LogP contribution in [0.5, 0.6) is 0 Å². The molecule has 0 atom stereocenters. The molecule has 1 aromatic carbocycles. The molecule has 1 aromatic heterocycles. The second kappa shape index (κ2) is 8.45. The van der Waals surface area contributed by atoms with Gasteiger partial charge in [-0.05, 0) is 18.2 Å². The summed E-state index contributed by atoms with van der Waals surface area (Å²) in [7, 11) is 0. The van der Waals surface area contributed by atoms with Crippen LogP contribution in [-0.2, 0) is 6.54 Å². The Hall–Kier alpha value is -3.20. The molecule has 0 saturated carbocycles. The largest absolute Gasteiger partial charge is 0.465 e. The quantitative estimate of drug-likeness (QED) is 0.765. The summed E-state index contributed by atoms with van der Waals surface area (Å²) in [6, 6.07) is 7.62. The molecule has 3 amide bonds. The number of hydrogen-bond acceptors (Lipinski definition) is 4. The van der Waals surface area contributed by atoms with Crippen LogP contribution in [0, 0.1) is 5.82 Å². The van der Waals surface area contributed by atoms with E-state index in [0.29, 0.717) is 44.0 Å². The van der Waals surface area contributed by atoms with Gasteiger partial charge >= 0.3 is 12.1 Å². The van der Waals surface area contributed by atoms with Crippen molar-refractivity contribution in [3.05, 3.63) is 54.1 Å². The fourth-order valence-corrected chi connectivity index (χ4v) is 2.86. The molecule has 2 heterocycles. The minimum Gasteiger partial charge on any atom is -0.465 e. The summed E-state index contributed by atoms with van der Waals surface area (Å²) >= 11 is 0. The number of amides is 3. The number of aromatic nitrogens is 1. The van der Waals surface area contributed by atoms with Crippen molar-refractivity contribution in [2.75, 3.05) is 36.8 Å². The van der Waals surface area contributed by atoms with Gasteiger partial charge in [-0.1, -0.05) is 12.1 Å². The Balaban J connectivity index is 1.60. The monoisotopic (exact) mass is 373 g/mol. The number of nitrogens with zero attached hydrogens (tertiary/aromatic N) is 3. The van der Waals surface area contributed by atoms with Gasteiger partial charge in [-0.25, -0.2) is 14.0 Å². The van der Waals surface area contributed by atoms with E-state index >= 15 is 0 Å². The predicted octanol–water partition coefficient (Wildman–Crippen LogP) is 2.66. The predicted molar refractivity (Wildman–Crippen MR) is 98.2 cm³/mol. The van der Waals surface area contributed by atoms with Gasteiger partial charge in [0.25, 0.3) is 0 Å². The van der Waals surface area contributed by atoms with E-state index in [9.17, 15) is 14.0 Å². The first-order valence-corrected chi connectivity index (χ1v) is 8.48. The van der Waals surface area contributed by atoms with Gasteiger partial charge in [0.2, 0.25) is 0 Å². The number of benzene rings is 1. The van der Waals surface area contributed by atoms with Crippen LogP contribution < -0.4 is 10.6 Å². The molecule has 3 rings (SSSR count). The smallest absolute Gasteiger partial charge is 0.407 e. The van der Waals surface area contributed by atoms with Crippen LogP contribution in [0.2, 0.25) is 0 Å². The van der Waals surface area contributed by atoms with E-state index in [1.165, 1.54) is 17.2 Å². The normalized spacial score (nSPS) is 14.6. The number of carbonyl (C=O) groups excluding carboxylic acids is 1. The summed E-state index contributed by atoms with van der Waals surface area (Å²) in [5, 5.41) is 14.1. The molecule has 142 valence electrons. The van der Waals surface area contributed by atoms with Gasteiger partial charge in [-0.15, -0.1) is 0 Å². The fourth-order valence-electron chi connectivity index (χ4n) is 2.86. The lowest BCUT2D eigenvalue weighted by molar-refractivity contribution is 0.102. The first-order chi connectivity index (χ1) is 13.0. The molecule has 1 saturated heterocycles. The minimum absolute atomic E-state index is 0.0815. The molecule has 9 heteroatoms. The summed E-state index contributed by atoms with van der Waals surface area (Å²) in [5.41, 5.74) is 1.03. The van der Waals surface area contributed by atoms with Gasteiger partial charge in [-0.3, -0.25) is 9.88 Å². The van der Waals surface area contributed by atoms with Gasteiger partial charge < -0.3 is 20.6 Å². The third-order valence-corrected chi connectivity index (χ3v) is 4.28. The molecule has 0 bridgehead atoms. The zero-order valence-corrected chi connectivity index (χ0v) is 14.6. The van der Waals surface area contributed by atoms with Crippen molar-refractivity contribution in [3.8, 4) is 0 Å². The third-order valence-electron chi connectivity index (χ3n) is 4.28. The topological polar surface area (TPSA) is 97.8 Å². The highest BCUT2D eigenvalue weighted by Gasteiger charge is 2.21. The Kier molecular flexibility index (Phi) is 5.82. The molecular weight excluding hydrogens is 353 g/mol. The van der Waals surface area contributed by atoms with E-state index < -0.39 is 17.9 Å². The molecular formula is C18H20FN5O3. The summed E-state index contributed by atoms with van der Waals surface area (Å²) in [5.74, 6) is -0.500. The Morgan fingerprint density at radius 2 is 1.89 bits per heavy atom. The maximum atomic E-state index is 14.7. The SMILES string of the molecule is O=C(Nc1cccnc1)Nc1cccc(CN2CCN(C(=O)O)CC2)c1F. The highest BCUT2D eigenvalue weighted by molar-refractivity contribution is 5.99. The summed E-state index contributed by atoms with van der Waals surface area (Å²) in [4.78, 5) is 30.2. The highest BCUT2D eigenvalue weighted by Crippen LogP contribution is 2.20. The molecule has 0 spiro atoms. The second-order valence-electron chi connectivity index (χ2n) is 6.15. The van der Waals surface area contributed by atoms with Gasteiger partial charge in [-0.2, -0.15) is 0 Å². The van der Waals surface area contributed by atoms with Crippen LogP contribution in [0.4, 0.5) is 25.4 Å². The van der Waals surface area contributed by atoms with E-state index in [4.69, 9.17) is 5.11 Å². The van der Waals surface area contributed by atoms with Gasteiger partial charge in [0.1, 0.15) is 0 Å². The van der Waals surface area contributed by atoms with Crippen LogP contribution in [0.25, 0.3) is 0 Å². The number of pyridine rings is 1. The lowest BCUT2D eigenvalue weighted by atomic mass is 10.1. The van der Waals surface area contributed by atoms with Crippen molar-refractivity contribution in [1.82, 2.24) is 14.8 Å². The standard InChI is InChI=1S/C18H20FN5O3/c19-16-13(12-23-7-9-24(10-8-23)18(26)27)3-1-5-15(16)22-17(25)21-14-4-2-6-20-11-14/h1-6,11H,7-10,12H2,(H,26,27)(H2,21,22,25). The Bertz CT molecular complexity index is 810. The van der Waals surface area contributed by atoms with E-state index in [-0.39, 0.29) is 5.69 Å².